The summed E-state index contributed by atoms with van der Waals surface area (Å²) < 4.78 is 3.28. The third kappa shape index (κ3) is 1.86. The summed E-state index contributed by atoms with van der Waals surface area (Å²) in [7, 11) is 1.75. The quantitative estimate of drug-likeness (QED) is 0.700. The van der Waals surface area contributed by atoms with Crippen molar-refractivity contribution in [3.63, 3.8) is 0 Å². The fourth-order valence-electron chi connectivity index (χ4n) is 1.57. The van der Waals surface area contributed by atoms with Crippen LogP contribution in [0.4, 0.5) is 0 Å². The largest absolute Gasteiger partial charge is 0.292 e. The molecule has 0 amide bonds. The van der Waals surface area contributed by atoms with E-state index >= 15 is 0 Å². The van der Waals surface area contributed by atoms with Crippen LogP contribution in [0.3, 0.4) is 0 Å². The van der Waals surface area contributed by atoms with Gasteiger partial charge in [0.25, 0.3) is 0 Å². The van der Waals surface area contributed by atoms with Crippen LogP contribution in [0, 0.1) is 0 Å². The van der Waals surface area contributed by atoms with Crippen LogP contribution < -0.4 is 0 Å². The van der Waals surface area contributed by atoms with Crippen molar-refractivity contribution in [2.24, 2.45) is 7.05 Å². The number of carbonyl (C=O) groups excluding carboxylic acids is 1. The maximum Gasteiger partial charge on any atom is 0.188 e. The Morgan fingerprint density at radius 1 is 1.44 bits per heavy atom. The molecule has 0 aromatic carbocycles. The third-order valence-corrected chi connectivity index (χ3v) is 2.42. The van der Waals surface area contributed by atoms with Gasteiger partial charge in [0.1, 0.15) is 17.8 Å². The van der Waals surface area contributed by atoms with Crippen LogP contribution in [0.2, 0.25) is 0 Å². The lowest BCUT2D eigenvalue weighted by molar-refractivity contribution is 0.0980. The molecule has 16 heavy (non-hydrogen) atoms. The van der Waals surface area contributed by atoms with Gasteiger partial charge in [0.2, 0.25) is 0 Å². The van der Waals surface area contributed by atoms with Gasteiger partial charge in [-0.15, -0.1) is 0 Å². The fourth-order valence-corrected chi connectivity index (χ4v) is 1.57. The summed E-state index contributed by atoms with van der Waals surface area (Å²) in [6.45, 7) is 2.68. The summed E-state index contributed by atoms with van der Waals surface area (Å²) in [5.41, 5.74) is 0.589. The molecule has 0 saturated carbocycles. The Balaban J connectivity index is 2.17. The van der Waals surface area contributed by atoms with Gasteiger partial charge in [0.05, 0.1) is 6.42 Å². The number of Topliss-reactive ketones (excluding diaryl/α,β-unsaturated/α-hetero) is 1. The Morgan fingerprint density at radius 3 is 2.88 bits per heavy atom. The molecule has 0 saturated heterocycles. The van der Waals surface area contributed by atoms with E-state index in [0.717, 1.165) is 0 Å². The lowest BCUT2D eigenvalue weighted by Crippen LogP contribution is -2.13. The van der Waals surface area contributed by atoms with Crippen LogP contribution >= 0.6 is 0 Å². The lowest BCUT2D eigenvalue weighted by atomic mass is 10.2. The normalized spacial score (nSPS) is 10.6. The number of aromatic nitrogens is 5. The van der Waals surface area contributed by atoms with Crippen LogP contribution in [0.1, 0.15) is 23.2 Å². The highest BCUT2D eigenvalue weighted by Crippen LogP contribution is 2.04. The van der Waals surface area contributed by atoms with Gasteiger partial charge in [-0.3, -0.25) is 9.48 Å². The Labute approximate surface area is 92.9 Å². The van der Waals surface area contributed by atoms with E-state index in [1.54, 1.807) is 28.7 Å². The van der Waals surface area contributed by atoms with Crippen molar-refractivity contribution in [2.45, 2.75) is 19.9 Å². The molecule has 2 heterocycles. The first-order valence-corrected chi connectivity index (χ1v) is 5.10. The van der Waals surface area contributed by atoms with Crippen molar-refractivity contribution < 1.29 is 4.79 Å². The first-order chi connectivity index (χ1) is 7.72. The van der Waals surface area contributed by atoms with Crippen LogP contribution in [0.15, 0.2) is 18.6 Å². The van der Waals surface area contributed by atoms with Crippen LogP contribution in [-0.4, -0.2) is 30.3 Å². The molecule has 0 bridgehead atoms. The van der Waals surface area contributed by atoms with Crippen molar-refractivity contribution >= 4 is 5.78 Å². The minimum absolute atomic E-state index is 0.00250. The molecule has 6 heteroatoms. The second kappa shape index (κ2) is 4.26. The zero-order valence-electron chi connectivity index (χ0n) is 9.29. The number of hydrogen-bond donors (Lipinski definition) is 0. The fraction of sp³-hybridized carbons (Fsp3) is 0.400. The van der Waals surface area contributed by atoms with Crippen molar-refractivity contribution in [2.75, 3.05) is 0 Å². The predicted octanol–water partition coefficient (Wildman–Crippen LogP) is 0.457. The smallest absolute Gasteiger partial charge is 0.188 e. The molecule has 0 atom stereocenters. The molecule has 2 aromatic heterocycles. The van der Waals surface area contributed by atoms with E-state index in [1.165, 1.54) is 6.33 Å². The van der Waals surface area contributed by atoms with Gasteiger partial charge in [-0.1, -0.05) is 0 Å². The zero-order chi connectivity index (χ0) is 11.5. The molecular weight excluding hydrogens is 206 g/mol. The maximum atomic E-state index is 11.9. The lowest BCUT2D eigenvalue weighted by Gasteiger charge is -2.02. The second-order valence-electron chi connectivity index (χ2n) is 3.43. The average Bonchev–Trinajstić information content (AvgIpc) is 2.86. The zero-order valence-corrected chi connectivity index (χ0v) is 9.29. The minimum Gasteiger partial charge on any atom is -0.292 e. The van der Waals surface area contributed by atoms with Crippen LogP contribution in [0.25, 0.3) is 0 Å². The number of rotatable bonds is 4. The molecule has 0 fully saturated rings. The van der Waals surface area contributed by atoms with E-state index in [9.17, 15) is 4.79 Å². The van der Waals surface area contributed by atoms with Gasteiger partial charge < -0.3 is 0 Å². The monoisotopic (exact) mass is 219 g/mol. The average molecular weight is 219 g/mol. The van der Waals surface area contributed by atoms with E-state index in [2.05, 4.69) is 15.2 Å². The predicted molar refractivity (Wildman–Crippen MR) is 56.9 cm³/mol. The standard InChI is InChI=1S/C10H13N5O/c1-3-15-10(11-7-13-15)6-9(16)8-4-5-12-14(8)2/h4-5,7H,3,6H2,1-2H3. The highest BCUT2D eigenvalue weighted by Gasteiger charge is 2.14. The summed E-state index contributed by atoms with van der Waals surface area (Å²) in [4.78, 5) is 16.0. The molecule has 0 aliphatic heterocycles. The number of hydrogen-bond acceptors (Lipinski definition) is 4. The van der Waals surface area contributed by atoms with E-state index in [0.29, 0.717) is 18.1 Å². The van der Waals surface area contributed by atoms with Gasteiger partial charge in [-0.2, -0.15) is 10.2 Å². The molecule has 0 unspecified atom stereocenters. The van der Waals surface area contributed by atoms with Gasteiger partial charge in [0, 0.05) is 19.8 Å². The summed E-state index contributed by atoms with van der Waals surface area (Å²) >= 11 is 0. The SMILES string of the molecule is CCn1ncnc1CC(=O)c1ccnn1C. The maximum absolute atomic E-state index is 11.9. The van der Waals surface area contributed by atoms with Crippen LogP contribution in [-0.2, 0) is 20.0 Å². The summed E-state index contributed by atoms with van der Waals surface area (Å²) in [6, 6.07) is 1.70. The first-order valence-electron chi connectivity index (χ1n) is 5.10. The van der Waals surface area contributed by atoms with Gasteiger partial charge in [0.15, 0.2) is 5.78 Å². The number of nitrogens with zero attached hydrogens (tertiary/aromatic N) is 5. The Kier molecular flexibility index (Phi) is 2.80. The summed E-state index contributed by atoms with van der Waals surface area (Å²) in [5, 5.41) is 7.98. The van der Waals surface area contributed by atoms with Crippen molar-refractivity contribution in [3.05, 3.63) is 30.1 Å². The molecule has 2 aromatic rings. The minimum atomic E-state index is 0.00250. The summed E-state index contributed by atoms with van der Waals surface area (Å²) in [6.07, 6.45) is 3.33. The van der Waals surface area contributed by atoms with E-state index < -0.39 is 0 Å². The highest BCUT2D eigenvalue weighted by molar-refractivity contribution is 5.95. The second-order valence-corrected chi connectivity index (χ2v) is 3.43. The molecular formula is C10H13N5O. The first kappa shape index (κ1) is 10.5. The Bertz CT molecular complexity index is 499. The van der Waals surface area contributed by atoms with Gasteiger partial charge in [-0.25, -0.2) is 9.67 Å². The van der Waals surface area contributed by atoms with Crippen molar-refractivity contribution in [3.8, 4) is 0 Å². The molecule has 0 N–H and O–H groups in total. The summed E-state index contributed by atoms with van der Waals surface area (Å²) in [5.74, 6) is 0.691. The highest BCUT2D eigenvalue weighted by atomic mass is 16.1. The molecule has 0 spiro atoms. The van der Waals surface area contributed by atoms with Gasteiger partial charge in [-0.05, 0) is 13.0 Å². The molecule has 6 nitrogen and oxygen atoms in total. The number of aryl methyl sites for hydroxylation is 2. The van der Waals surface area contributed by atoms with E-state index in [4.69, 9.17) is 0 Å². The van der Waals surface area contributed by atoms with Crippen molar-refractivity contribution in [1.29, 1.82) is 0 Å². The van der Waals surface area contributed by atoms with Gasteiger partial charge >= 0.3 is 0 Å². The number of carbonyl (C=O) groups is 1. The van der Waals surface area contributed by atoms with E-state index in [1.807, 2.05) is 6.92 Å². The molecule has 2 rings (SSSR count). The topological polar surface area (TPSA) is 65.6 Å². The molecule has 0 radical (unpaired) electrons. The Morgan fingerprint density at radius 2 is 2.25 bits per heavy atom. The van der Waals surface area contributed by atoms with Crippen LogP contribution in [0.5, 0.6) is 0 Å². The third-order valence-electron chi connectivity index (χ3n) is 2.42. The number of ketones is 1. The molecule has 0 aliphatic rings. The van der Waals surface area contributed by atoms with Crippen molar-refractivity contribution in [1.82, 2.24) is 24.5 Å². The molecule has 0 aliphatic carbocycles. The molecule has 84 valence electrons. The Hall–Kier alpha value is -1.98. The van der Waals surface area contributed by atoms with E-state index in [-0.39, 0.29) is 12.2 Å².